The monoisotopic (exact) mass is 324 g/mol. The highest BCUT2D eigenvalue weighted by atomic mass is 16.5. The largest absolute Gasteiger partial charge is 0.484 e. The molecule has 0 radical (unpaired) electrons. The molecule has 1 amide bonds. The molecule has 0 spiro atoms. The van der Waals surface area contributed by atoms with Gasteiger partial charge in [0.05, 0.1) is 6.42 Å². The van der Waals surface area contributed by atoms with Gasteiger partial charge in [-0.25, -0.2) is 9.97 Å². The number of carbonyl (C=O) groups is 1. The fraction of sp³-hybridized carbons (Fsp3) is 0.263. The molecule has 0 aliphatic heterocycles. The van der Waals surface area contributed by atoms with E-state index in [9.17, 15) is 4.79 Å². The van der Waals surface area contributed by atoms with E-state index < -0.39 is 0 Å². The van der Waals surface area contributed by atoms with Gasteiger partial charge in [-0.2, -0.15) is 0 Å². The Labute approximate surface area is 141 Å². The van der Waals surface area contributed by atoms with Crippen LogP contribution in [0.25, 0.3) is 11.0 Å². The van der Waals surface area contributed by atoms with Crippen LogP contribution < -0.4 is 15.0 Å². The van der Waals surface area contributed by atoms with Gasteiger partial charge in [0.15, 0.2) is 17.6 Å². The second-order valence-electron chi connectivity index (χ2n) is 5.66. The van der Waals surface area contributed by atoms with Crippen molar-refractivity contribution in [2.24, 2.45) is 0 Å². The van der Waals surface area contributed by atoms with Crippen LogP contribution >= 0.6 is 0 Å². The van der Waals surface area contributed by atoms with Crippen LogP contribution in [0.1, 0.15) is 18.3 Å². The number of para-hydroxylation sites is 2. The summed E-state index contributed by atoms with van der Waals surface area (Å²) >= 11 is 0. The molecule has 3 rings (SSSR count). The zero-order chi connectivity index (χ0) is 16.8. The number of rotatable bonds is 7. The molecule has 3 N–H and O–H groups in total. The number of hydrogen-bond acceptors (Lipinski definition) is 2. The Hall–Kier alpha value is -2.82. The SMILES string of the molecule is CCc1cccc(OCC(=O)NCCc2[nH]c3ccccc3[nH+]2)c1. The van der Waals surface area contributed by atoms with Crippen LogP contribution in [0.15, 0.2) is 48.5 Å². The average molecular weight is 324 g/mol. The quantitative estimate of drug-likeness (QED) is 0.700. The van der Waals surface area contributed by atoms with Gasteiger partial charge in [-0.3, -0.25) is 4.79 Å². The second-order valence-corrected chi connectivity index (χ2v) is 5.66. The van der Waals surface area contributed by atoms with Crippen LogP contribution in [0.3, 0.4) is 0 Å². The van der Waals surface area contributed by atoms with Crippen LogP contribution in [0.5, 0.6) is 5.75 Å². The number of amides is 1. The molecule has 0 bridgehead atoms. The maximum Gasteiger partial charge on any atom is 0.257 e. The number of benzene rings is 2. The van der Waals surface area contributed by atoms with E-state index in [1.165, 1.54) is 5.56 Å². The topological polar surface area (TPSA) is 68.3 Å². The molecule has 0 unspecified atom stereocenters. The summed E-state index contributed by atoms with van der Waals surface area (Å²) in [6.07, 6.45) is 1.66. The van der Waals surface area contributed by atoms with Crippen LogP contribution in [0.2, 0.25) is 0 Å². The van der Waals surface area contributed by atoms with Gasteiger partial charge < -0.3 is 10.1 Å². The van der Waals surface area contributed by atoms with Gasteiger partial charge in [0, 0.05) is 6.54 Å². The van der Waals surface area contributed by atoms with Crippen molar-refractivity contribution in [1.82, 2.24) is 10.3 Å². The first kappa shape index (κ1) is 16.1. The standard InChI is InChI=1S/C19H21N3O2/c1-2-14-6-5-7-15(12-14)24-13-19(23)20-11-10-18-21-16-8-3-4-9-17(16)22-18/h3-9,12H,2,10-11,13H2,1H3,(H,20,23)(H,21,22)/p+1. The third-order valence-corrected chi connectivity index (χ3v) is 3.87. The van der Waals surface area contributed by atoms with Crippen molar-refractivity contribution in [2.75, 3.05) is 13.2 Å². The number of fused-ring (bicyclic) bond motifs is 1. The Morgan fingerprint density at radius 2 is 2.08 bits per heavy atom. The van der Waals surface area contributed by atoms with Crippen molar-refractivity contribution in [3.63, 3.8) is 0 Å². The van der Waals surface area contributed by atoms with E-state index >= 15 is 0 Å². The predicted molar refractivity (Wildman–Crippen MR) is 92.9 cm³/mol. The van der Waals surface area contributed by atoms with Gasteiger partial charge in [-0.15, -0.1) is 0 Å². The third-order valence-electron chi connectivity index (χ3n) is 3.87. The van der Waals surface area contributed by atoms with E-state index in [-0.39, 0.29) is 12.5 Å². The number of hydrogen-bond donors (Lipinski definition) is 2. The van der Waals surface area contributed by atoms with Crippen molar-refractivity contribution in [3.05, 3.63) is 59.9 Å². The summed E-state index contributed by atoms with van der Waals surface area (Å²) in [4.78, 5) is 18.5. The summed E-state index contributed by atoms with van der Waals surface area (Å²) in [6, 6.07) is 15.8. The number of ether oxygens (including phenoxy) is 1. The Kier molecular flexibility index (Phi) is 5.11. The number of nitrogens with one attached hydrogen (secondary N) is 3. The molecule has 124 valence electrons. The first-order valence-corrected chi connectivity index (χ1v) is 8.22. The smallest absolute Gasteiger partial charge is 0.257 e. The molecule has 5 nitrogen and oxygen atoms in total. The number of aryl methyl sites for hydroxylation is 1. The fourth-order valence-electron chi connectivity index (χ4n) is 2.56. The van der Waals surface area contributed by atoms with E-state index in [0.717, 1.165) is 29.0 Å². The van der Waals surface area contributed by atoms with E-state index in [4.69, 9.17) is 4.74 Å². The maximum atomic E-state index is 11.9. The minimum Gasteiger partial charge on any atom is -0.484 e. The third kappa shape index (κ3) is 4.13. The molecule has 24 heavy (non-hydrogen) atoms. The molecular formula is C19H22N3O2+. The van der Waals surface area contributed by atoms with E-state index in [2.05, 4.69) is 22.2 Å². The molecule has 2 aromatic carbocycles. The molecule has 0 atom stereocenters. The Morgan fingerprint density at radius 3 is 2.92 bits per heavy atom. The lowest BCUT2D eigenvalue weighted by Gasteiger charge is -2.07. The van der Waals surface area contributed by atoms with Gasteiger partial charge in [0.25, 0.3) is 11.7 Å². The highest BCUT2D eigenvalue weighted by molar-refractivity contribution is 5.77. The molecule has 0 saturated carbocycles. The zero-order valence-corrected chi connectivity index (χ0v) is 13.8. The molecule has 0 fully saturated rings. The maximum absolute atomic E-state index is 11.9. The number of H-pyrrole nitrogens is 2. The summed E-state index contributed by atoms with van der Waals surface area (Å²) in [5.41, 5.74) is 3.33. The van der Waals surface area contributed by atoms with Crippen molar-refractivity contribution in [1.29, 1.82) is 0 Å². The highest BCUT2D eigenvalue weighted by Gasteiger charge is 2.09. The van der Waals surface area contributed by atoms with Crippen LogP contribution in [0, 0.1) is 0 Å². The van der Waals surface area contributed by atoms with Crippen molar-refractivity contribution in [3.8, 4) is 5.75 Å². The summed E-state index contributed by atoms with van der Waals surface area (Å²) in [7, 11) is 0. The summed E-state index contributed by atoms with van der Waals surface area (Å²) in [5.74, 6) is 1.61. The van der Waals surface area contributed by atoms with Crippen molar-refractivity contribution >= 4 is 16.9 Å². The number of imidazole rings is 1. The molecular weight excluding hydrogens is 302 g/mol. The van der Waals surface area contributed by atoms with E-state index in [1.54, 1.807) is 0 Å². The molecule has 0 saturated heterocycles. The first-order valence-electron chi connectivity index (χ1n) is 8.22. The first-order chi connectivity index (χ1) is 11.7. The van der Waals surface area contributed by atoms with E-state index in [0.29, 0.717) is 13.0 Å². The Balaban J connectivity index is 1.43. The van der Waals surface area contributed by atoms with E-state index in [1.807, 2.05) is 48.5 Å². The van der Waals surface area contributed by atoms with Crippen LogP contribution in [-0.2, 0) is 17.6 Å². The van der Waals surface area contributed by atoms with Crippen molar-refractivity contribution in [2.45, 2.75) is 19.8 Å². The minimum atomic E-state index is -0.118. The summed E-state index contributed by atoms with van der Waals surface area (Å²) < 4.78 is 5.53. The Morgan fingerprint density at radius 1 is 1.21 bits per heavy atom. The highest BCUT2D eigenvalue weighted by Crippen LogP contribution is 2.13. The molecule has 0 aliphatic rings. The number of aromatic nitrogens is 2. The Bertz CT molecular complexity index is 793. The molecule has 0 aliphatic carbocycles. The van der Waals surface area contributed by atoms with Crippen LogP contribution in [0.4, 0.5) is 0 Å². The lowest BCUT2D eigenvalue weighted by Crippen LogP contribution is -2.31. The summed E-state index contributed by atoms with van der Waals surface area (Å²) in [6.45, 7) is 2.68. The molecule has 5 heteroatoms. The average Bonchev–Trinajstić information content (AvgIpc) is 3.03. The van der Waals surface area contributed by atoms with Gasteiger partial charge in [0.1, 0.15) is 5.75 Å². The predicted octanol–water partition coefficient (Wildman–Crippen LogP) is 2.28. The fourth-order valence-corrected chi connectivity index (χ4v) is 2.56. The zero-order valence-electron chi connectivity index (χ0n) is 13.8. The normalized spacial score (nSPS) is 10.7. The van der Waals surface area contributed by atoms with Gasteiger partial charge >= 0.3 is 0 Å². The molecule has 1 heterocycles. The summed E-state index contributed by atoms with van der Waals surface area (Å²) in [5, 5.41) is 2.87. The van der Waals surface area contributed by atoms with Crippen LogP contribution in [-0.4, -0.2) is 24.0 Å². The lowest BCUT2D eigenvalue weighted by molar-refractivity contribution is -0.357. The number of carbonyl (C=O) groups excluding carboxylic acids is 1. The molecule has 3 aromatic rings. The van der Waals surface area contributed by atoms with Gasteiger partial charge in [-0.1, -0.05) is 31.2 Å². The van der Waals surface area contributed by atoms with Crippen molar-refractivity contribution < 1.29 is 14.5 Å². The second kappa shape index (κ2) is 7.64. The molecule has 1 aromatic heterocycles. The van der Waals surface area contributed by atoms with Gasteiger partial charge in [0.2, 0.25) is 0 Å². The van der Waals surface area contributed by atoms with Gasteiger partial charge in [-0.05, 0) is 36.2 Å². The number of aromatic amines is 2. The minimum absolute atomic E-state index is 0.0313. The lowest BCUT2D eigenvalue weighted by atomic mass is 10.2.